The van der Waals surface area contributed by atoms with Crippen molar-refractivity contribution < 1.29 is 18.9 Å². The fourth-order valence-electron chi connectivity index (χ4n) is 2.26. The number of hydrogen-bond donors (Lipinski definition) is 0. The number of benzene rings is 2. The van der Waals surface area contributed by atoms with E-state index in [0.29, 0.717) is 17.3 Å². The second kappa shape index (κ2) is 7.37. The van der Waals surface area contributed by atoms with Crippen LogP contribution in [-0.2, 0) is 11.3 Å². The highest BCUT2D eigenvalue weighted by Crippen LogP contribution is 2.25. The van der Waals surface area contributed by atoms with Gasteiger partial charge in [0.2, 0.25) is 5.89 Å². The molecule has 1 heterocycles. The van der Waals surface area contributed by atoms with Gasteiger partial charge in [-0.05, 0) is 25.1 Å². The van der Waals surface area contributed by atoms with Crippen molar-refractivity contribution in [2.75, 3.05) is 0 Å². The molecular formula is C18H13ClN2O5. The van der Waals surface area contributed by atoms with E-state index in [1.807, 2.05) is 30.3 Å². The summed E-state index contributed by atoms with van der Waals surface area (Å²) in [6.45, 7) is 1.62. The lowest BCUT2D eigenvalue weighted by Gasteiger charge is -2.05. The molecule has 0 unspecified atom stereocenters. The number of hydrogen-bond acceptors (Lipinski definition) is 6. The highest BCUT2D eigenvalue weighted by molar-refractivity contribution is 6.33. The van der Waals surface area contributed by atoms with Gasteiger partial charge in [-0.1, -0.05) is 29.8 Å². The Balaban J connectivity index is 1.72. The Morgan fingerprint density at radius 2 is 2.00 bits per heavy atom. The van der Waals surface area contributed by atoms with Crippen LogP contribution in [0.25, 0.3) is 11.5 Å². The maximum Gasteiger partial charge on any atom is 0.340 e. The highest BCUT2D eigenvalue weighted by atomic mass is 35.5. The number of nitro groups is 1. The molecule has 0 saturated carbocycles. The van der Waals surface area contributed by atoms with Gasteiger partial charge in [-0.25, -0.2) is 9.78 Å². The normalized spacial score (nSPS) is 10.5. The maximum absolute atomic E-state index is 12.2. The van der Waals surface area contributed by atoms with Crippen molar-refractivity contribution in [2.24, 2.45) is 0 Å². The predicted molar refractivity (Wildman–Crippen MR) is 93.9 cm³/mol. The first kappa shape index (κ1) is 17.6. The Kier molecular flexibility index (Phi) is 4.99. The van der Waals surface area contributed by atoms with E-state index in [1.54, 1.807) is 6.92 Å². The molecule has 0 N–H and O–H groups in total. The SMILES string of the molecule is Cc1oc(-c2ccccc2)nc1COC(=O)c1ccc([N+](=O)[O-])cc1Cl. The molecule has 0 radical (unpaired) electrons. The van der Waals surface area contributed by atoms with Crippen molar-refractivity contribution in [2.45, 2.75) is 13.5 Å². The summed E-state index contributed by atoms with van der Waals surface area (Å²) in [6, 6.07) is 12.9. The first-order valence-electron chi connectivity index (χ1n) is 7.58. The van der Waals surface area contributed by atoms with Crippen molar-refractivity contribution in [3.8, 4) is 11.5 Å². The van der Waals surface area contributed by atoms with E-state index in [1.165, 1.54) is 12.1 Å². The molecule has 7 nitrogen and oxygen atoms in total. The quantitative estimate of drug-likeness (QED) is 0.370. The average molecular weight is 373 g/mol. The van der Waals surface area contributed by atoms with Gasteiger partial charge in [0, 0.05) is 17.7 Å². The van der Waals surface area contributed by atoms with Crippen molar-refractivity contribution in [1.82, 2.24) is 4.98 Å². The molecule has 0 bridgehead atoms. The van der Waals surface area contributed by atoms with Crippen LogP contribution in [0.15, 0.2) is 52.9 Å². The van der Waals surface area contributed by atoms with E-state index in [0.717, 1.165) is 11.6 Å². The van der Waals surface area contributed by atoms with Crippen LogP contribution in [0.3, 0.4) is 0 Å². The molecule has 3 rings (SSSR count). The number of aromatic nitrogens is 1. The zero-order chi connectivity index (χ0) is 18.7. The Morgan fingerprint density at radius 3 is 2.65 bits per heavy atom. The number of carbonyl (C=O) groups is 1. The monoisotopic (exact) mass is 372 g/mol. The number of nitro benzene ring substituents is 1. The molecule has 0 fully saturated rings. The van der Waals surface area contributed by atoms with Crippen LogP contribution in [0.4, 0.5) is 5.69 Å². The maximum atomic E-state index is 12.2. The number of rotatable bonds is 5. The van der Waals surface area contributed by atoms with E-state index >= 15 is 0 Å². The van der Waals surface area contributed by atoms with Gasteiger partial charge in [-0.15, -0.1) is 0 Å². The molecule has 0 atom stereocenters. The van der Waals surface area contributed by atoms with Crippen LogP contribution in [-0.4, -0.2) is 15.9 Å². The number of halogens is 1. The summed E-state index contributed by atoms with van der Waals surface area (Å²) in [5.41, 5.74) is 1.13. The molecule has 26 heavy (non-hydrogen) atoms. The van der Waals surface area contributed by atoms with Crippen LogP contribution in [0.1, 0.15) is 21.8 Å². The van der Waals surface area contributed by atoms with Crippen molar-refractivity contribution in [3.63, 3.8) is 0 Å². The lowest BCUT2D eigenvalue weighted by molar-refractivity contribution is -0.384. The van der Waals surface area contributed by atoms with E-state index < -0.39 is 10.9 Å². The summed E-state index contributed by atoms with van der Waals surface area (Å²) in [4.78, 5) is 26.6. The Morgan fingerprint density at radius 1 is 1.27 bits per heavy atom. The molecule has 0 saturated heterocycles. The summed E-state index contributed by atoms with van der Waals surface area (Å²) in [5, 5.41) is 10.7. The van der Waals surface area contributed by atoms with E-state index in [4.69, 9.17) is 20.8 Å². The van der Waals surface area contributed by atoms with Crippen LogP contribution in [0.5, 0.6) is 0 Å². The van der Waals surface area contributed by atoms with Gasteiger partial charge in [-0.2, -0.15) is 0 Å². The number of oxazole rings is 1. The minimum absolute atomic E-state index is 0.0432. The van der Waals surface area contributed by atoms with E-state index in [-0.39, 0.29) is 22.9 Å². The summed E-state index contributed by atoms with van der Waals surface area (Å²) >= 11 is 5.93. The number of esters is 1. The van der Waals surface area contributed by atoms with Crippen molar-refractivity contribution in [1.29, 1.82) is 0 Å². The number of ether oxygens (including phenoxy) is 1. The largest absolute Gasteiger partial charge is 0.455 e. The number of non-ortho nitro benzene ring substituents is 1. The average Bonchev–Trinajstić information content (AvgIpc) is 3.01. The molecule has 132 valence electrons. The zero-order valence-electron chi connectivity index (χ0n) is 13.6. The number of carbonyl (C=O) groups excluding carboxylic acids is 1. The molecule has 8 heteroatoms. The molecule has 0 spiro atoms. The van der Waals surface area contributed by atoms with E-state index in [9.17, 15) is 14.9 Å². The minimum atomic E-state index is -0.700. The van der Waals surface area contributed by atoms with E-state index in [2.05, 4.69) is 4.98 Å². The van der Waals surface area contributed by atoms with Crippen LogP contribution >= 0.6 is 11.6 Å². The smallest absolute Gasteiger partial charge is 0.340 e. The first-order valence-corrected chi connectivity index (χ1v) is 7.96. The number of aryl methyl sites for hydroxylation is 1. The van der Waals surface area contributed by atoms with Crippen LogP contribution in [0, 0.1) is 17.0 Å². The standard InChI is InChI=1S/C18H13ClN2O5/c1-11-16(20-17(26-11)12-5-3-2-4-6-12)10-25-18(22)14-8-7-13(21(23)24)9-15(14)19/h2-9H,10H2,1H3. The van der Waals surface area contributed by atoms with Gasteiger partial charge in [-0.3, -0.25) is 10.1 Å². The lowest BCUT2D eigenvalue weighted by Crippen LogP contribution is -2.07. The first-order chi connectivity index (χ1) is 12.5. The highest BCUT2D eigenvalue weighted by Gasteiger charge is 2.18. The predicted octanol–water partition coefficient (Wildman–Crippen LogP) is 4.57. The molecule has 0 amide bonds. The second-order valence-corrected chi connectivity index (χ2v) is 5.79. The number of nitrogens with zero attached hydrogens (tertiary/aromatic N) is 2. The third-order valence-corrected chi connectivity index (χ3v) is 3.95. The molecule has 2 aromatic carbocycles. The molecule has 3 aromatic rings. The third-order valence-electron chi connectivity index (χ3n) is 3.64. The summed E-state index contributed by atoms with van der Waals surface area (Å²) in [7, 11) is 0. The summed E-state index contributed by atoms with van der Waals surface area (Å²) in [6.07, 6.45) is 0. The van der Waals surface area contributed by atoms with Gasteiger partial charge in [0.15, 0.2) is 0 Å². The van der Waals surface area contributed by atoms with Gasteiger partial charge in [0.1, 0.15) is 18.1 Å². The fraction of sp³-hybridized carbons (Fsp3) is 0.111. The second-order valence-electron chi connectivity index (χ2n) is 5.39. The third kappa shape index (κ3) is 3.73. The minimum Gasteiger partial charge on any atom is -0.455 e. The molecule has 0 aliphatic heterocycles. The van der Waals surface area contributed by atoms with Gasteiger partial charge < -0.3 is 9.15 Å². The topological polar surface area (TPSA) is 95.5 Å². The Bertz CT molecular complexity index is 969. The van der Waals surface area contributed by atoms with Gasteiger partial charge in [0.05, 0.1) is 15.5 Å². The molecule has 0 aliphatic rings. The van der Waals surface area contributed by atoms with Gasteiger partial charge in [0.25, 0.3) is 5.69 Å². The fourth-order valence-corrected chi connectivity index (χ4v) is 2.51. The summed E-state index contributed by atoms with van der Waals surface area (Å²) in [5.74, 6) is 0.266. The molecule has 0 aliphatic carbocycles. The molecular weight excluding hydrogens is 360 g/mol. The van der Waals surface area contributed by atoms with Gasteiger partial charge >= 0.3 is 5.97 Å². The lowest BCUT2D eigenvalue weighted by atomic mass is 10.2. The van der Waals surface area contributed by atoms with Crippen molar-refractivity contribution in [3.05, 3.63) is 80.7 Å². The van der Waals surface area contributed by atoms with Crippen LogP contribution in [0.2, 0.25) is 5.02 Å². The molecule has 1 aromatic heterocycles. The zero-order valence-corrected chi connectivity index (χ0v) is 14.4. The summed E-state index contributed by atoms with van der Waals surface area (Å²) < 4.78 is 10.8. The Hall–Kier alpha value is -3.19. The van der Waals surface area contributed by atoms with Crippen LogP contribution < -0.4 is 0 Å². The van der Waals surface area contributed by atoms with Crippen molar-refractivity contribution >= 4 is 23.3 Å². The Labute approximate surface area is 153 Å².